The van der Waals surface area contributed by atoms with Crippen LogP contribution < -0.4 is 70.4 Å². The third-order valence-electron chi connectivity index (χ3n) is 23.6. The molecule has 3 aliphatic heterocycles. The fourth-order valence-electron chi connectivity index (χ4n) is 16.3. The maximum absolute atomic E-state index is 15.8. The van der Waals surface area contributed by atoms with E-state index in [4.69, 9.17) is 17.2 Å². The predicted octanol–water partition coefficient (Wildman–Crippen LogP) is -3.03. The summed E-state index contributed by atoms with van der Waals surface area (Å²) in [4.78, 5) is 285. The minimum Gasteiger partial charge on any atom is -0.508 e. The van der Waals surface area contributed by atoms with E-state index in [0.29, 0.717) is 69.5 Å². The second-order valence-electron chi connectivity index (χ2n) is 34.1. The number of aliphatic hydroxyl groups is 2. The second-order valence-corrected chi connectivity index (χ2v) is 35.2. The van der Waals surface area contributed by atoms with Crippen molar-refractivity contribution in [2.75, 3.05) is 58.9 Å². The zero-order chi connectivity index (χ0) is 97.8. The minimum absolute atomic E-state index is 0.0464. The normalized spacial score (nSPS) is 25.0. The number of para-hydroxylation sites is 2. The van der Waals surface area contributed by atoms with Crippen LogP contribution in [0.4, 0.5) is 0 Å². The number of aromatic nitrogens is 2. The van der Waals surface area contributed by atoms with Gasteiger partial charge in [-0.1, -0.05) is 102 Å². The first-order chi connectivity index (χ1) is 63.1. The smallest absolute Gasteiger partial charge is 0.303 e. The zero-order valence-corrected chi connectivity index (χ0v) is 76.5. The molecule has 5 heterocycles. The number of phenolic OH excluding ortho intramolecular Hbond substituents is 1. The number of carboxylic acids is 1. The van der Waals surface area contributed by atoms with Crippen molar-refractivity contribution in [2.45, 2.75) is 241 Å². The predicted molar refractivity (Wildman–Crippen MR) is 484 cm³/mol. The molecule has 3 saturated heterocycles. The third-order valence-corrected chi connectivity index (χ3v) is 24.7. The standard InChI is InChI=1S/C89H124N20O23S/c1-9-11-22-67-82(125)98-58(29-30-75(117)118)78(121)104-66(77(120)95-43-73(92)115)45-133-46-74(116)96-63(35-49-25-27-52(111)28-26-49)85(128)105(6)48(5)76(119)101-65(40-72(91)114)87(130)108-32-17-24-68(108)83(126)100-61(39-71(90)113)81(124)102-62(34-47(3)4)88(131)109-44-53(112)38-70(109)84(127)99-60(36-50-41-93-56-20-15-13-18-54(50)56)80(123)97-59(31-33-110)79(122)103-64(37-51-42-94-57-21-16-14-19-55(51)57)86(129)107(8)69(23-12-10-2)89(132)106(67)7/h13-16,18-21,25-28,41-42,47-48,53,58-70,93-94,110-112H,9-12,17,22-24,29-40,43-46H2,1-8H3,(H2,90,113)(H2,91,114)(H2,92,115)(H,95,120)(H,96,116)(H,97,123)(H,98,125)(H,99,127)(H,100,126)(H,101,119)(H,102,124)(H,103,122)(H,104,121)(H,117,118)/t48-,53+,58-,59-,60-,61-,62-,63-,64-,65-,66?,67-,68-,69-,70-/m0/s1. The SMILES string of the molecule is CCCC[C@H]1C(=O)N(C)[C@@H](CCCC)C(=O)N[C@@H](CCC(=O)O)C(=O)NC(C(=O)NCC(N)=O)CSCC(=O)N[C@@H](Cc2ccc(O)cc2)C(=O)N(C)[C@@H](C)C(=O)N[C@@H](CC(N)=O)C(=O)N2CCC[C@H]2C(=O)N[C@@H](CC(N)=O)C(=O)N[C@@H](CC(C)C)C(=O)N2C[C@H](O)C[C@H]2C(=O)N[C@@H](Cc2c[nH]c3ccccc23)C(=O)N[C@@H](CCO)C(=O)N[C@@H](Cc2c[nH]c3ccccc23)C(=O)N1C. The molecule has 2 aromatic heterocycles. The molecule has 0 spiro atoms. The summed E-state index contributed by atoms with van der Waals surface area (Å²) in [6.07, 6.45) is -2.07. The molecule has 8 rings (SSSR count). The van der Waals surface area contributed by atoms with Gasteiger partial charge in [-0.25, -0.2) is 0 Å². The summed E-state index contributed by atoms with van der Waals surface area (Å²) in [6.45, 7) is 5.98. The van der Waals surface area contributed by atoms with E-state index in [1.165, 1.54) is 52.3 Å². The summed E-state index contributed by atoms with van der Waals surface area (Å²) >= 11 is 0.696. The van der Waals surface area contributed by atoms with E-state index < -0.39 is 279 Å². The van der Waals surface area contributed by atoms with Gasteiger partial charge in [0.1, 0.15) is 90.3 Å². The van der Waals surface area contributed by atoms with Gasteiger partial charge in [0, 0.05) is 113 Å². The Morgan fingerprint density at radius 3 is 1.61 bits per heavy atom. The number of benzene rings is 3. The number of aromatic amines is 2. The first kappa shape index (κ1) is 105. The monoisotopic (exact) mass is 1870 g/mol. The number of nitrogens with two attached hydrogens (primary N) is 3. The van der Waals surface area contributed by atoms with E-state index >= 15 is 33.6 Å². The number of aromatic hydroxyl groups is 1. The molecule has 15 atom stereocenters. The van der Waals surface area contributed by atoms with Gasteiger partial charge in [-0.05, 0) is 98.7 Å². The lowest BCUT2D eigenvalue weighted by Crippen LogP contribution is -2.61. The van der Waals surface area contributed by atoms with E-state index in [1.54, 1.807) is 81.7 Å². The molecule has 724 valence electrons. The molecule has 3 aromatic carbocycles. The van der Waals surface area contributed by atoms with Gasteiger partial charge in [-0.15, -0.1) is 11.8 Å². The first-order valence-corrected chi connectivity index (χ1v) is 45.5. The number of unbranched alkanes of at least 4 members (excludes halogenated alkanes) is 2. The number of hydrogen-bond acceptors (Lipinski definition) is 23. The number of hydrogen-bond donors (Lipinski definition) is 19. The highest BCUT2D eigenvalue weighted by Gasteiger charge is 2.47. The largest absolute Gasteiger partial charge is 0.508 e. The first-order valence-electron chi connectivity index (χ1n) is 44.4. The van der Waals surface area contributed by atoms with Gasteiger partial charge in [0.05, 0.1) is 31.2 Å². The average molecular weight is 1870 g/mol. The number of carbonyl (C=O) groups excluding carboxylic acids is 18. The Labute approximate surface area is 771 Å². The Bertz CT molecular complexity index is 5050. The van der Waals surface area contributed by atoms with Crippen LogP contribution in [0.1, 0.15) is 148 Å². The number of rotatable bonds is 26. The van der Waals surface area contributed by atoms with Crippen LogP contribution in [0, 0.1) is 5.92 Å². The number of primary amides is 3. The minimum atomic E-state index is -1.88. The van der Waals surface area contributed by atoms with E-state index in [1.807, 2.05) is 6.92 Å². The van der Waals surface area contributed by atoms with Gasteiger partial charge in [0.15, 0.2) is 0 Å². The van der Waals surface area contributed by atoms with E-state index in [-0.39, 0.29) is 70.1 Å². The van der Waals surface area contributed by atoms with Crippen LogP contribution in [0.15, 0.2) is 85.2 Å². The van der Waals surface area contributed by atoms with Crippen molar-refractivity contribution in [3.8, 4) is 5.75 Å². The van der Waals surface area contributed by atoms with Crippen LogP contribution in [0.25, 0.3) is 21.8 Å². The number of amides is 18. The van der Waals surface area contributed by atoms with Gasteiger partial charge < -0.3 is 125 Å². The summed E-state index contributed by atoms with van der Waals surface area (Å²) in [7, 11) is 3.78. The Balaban J connectivity index is 1.20. The Morgan fingerprint density at radius 2 is 1.02 bits per heavy atom. The quantitative estimate of drug-likeness (QED) is 0.0262. The maximum Gasteiger partial charge on any atom is 0.303 e. The highest BCUT2D eigenvalue weighted by atomic mass is 32.2. The molecule has 5 aromatic rings. The fourth-order valence-corrected chi connectivity index (χ4v) is 17.2. The number of likely N-dealkylation sites (N-methyl/N-ethyl adjacent to an activating group) is 3. The van der Waals surface area contributed by atoms with Crippen molar-refractivity contribution in [3.63, 3.8) is 0 Å². The number of phenols is 1. The number of nitrogens with zero attached hydrogens (tertiary/aromatic N) is 5. The highest BCUT2D eigenvalue weighted by Crippen LogP contribution is 2.28. The van der Waals surface area contributed by atoms with E-state index in [9.17, 15) is 78.0 Å². The lowest BCUT2D eigenvalue weighted by Gasteiger charge is -2.36. The molecular formula is C89H124N20O23S. The zero-order valence-electron chi connectivity index (χ0n) is 75.7. The van der Waals surface area contributed by atoms with Crippen LogP contribution >= 0.6 is 11.8 Å². The summed E-state index contributed by atoms with van der Waals surface area (Å²) in [5.74, 6) is -21.5. The molecule has 0 radical (unpaired) electrons. The topological polar surface area (TPSA) is 651 Å². The molecule has 3 aliphatic rings. The number of aliphatic hydroxyl groups excluding tert-OH is 2. The molecule has 1 unspecified atom stereocenters. The van der Waals surface area contributed by atoms with Crippen molar-refractivity contribution < 1.29 is 112 Å². The van der Waals surface area contributed by atoms with E-state index in [0.717, 1.165) is 24.5 Å². The molecular weight excluding hydrogens is 1750 g/mol. The van der Waals surface area contributed by atoms with Gasteiger partial charge in [0.2, 0.25) is 106 Å². The van der Waals surface area contributed by atoms with Crippen LogP contribution in [-0.2, 0) is 110 Å². The van der Waals surface area contributed by atoms with Gasteiger partial charge in [0.25, 0.3) is 0 Å². The van der Waals surface area contributed by atoms with Crippen molar-refractivity contribution in [1.29, 1.82) is 0 Å². The Hall–Kier alpha value is -13.3. The third kappa shape index (κ3) is 29.6. The van der Waals surface area contributed by atoms with Crippen molar-refractivity contribution in [2.24, 2.45) is 23.1 Å². The lowest BCUT2D eigenvalue weighted by atomic mass is 9.99. The molecule has 18 amide bonds. The molecule has 43 nitrogen and oxygen atoms in total. The van der Waals surface area contributed by atoms with Crippen molar-refractivity contribution >= 4 is 146 Å². The van der Waals surface area contributed by atoms with Crippen molar-refractivity contribution in [1.82, 2.24) is 87.6 Å². The number of carbonyl (C=O) groups is 19. The number of nitrogens with one attached hydrogen (secondary N) is 12. The molecule has 0 saturated carbocycles. The molecule has 0 bridgehead atoms. The van der Waals surface area contributed by atoms with E-state index in [2.05, 4.69) is 63.1 Å². The van der Waals surface area contributed by atoms with Gasteiger partial charge in [-0.3, -0.25) is 91.1 Å². The highest BCUT2D eigenvalue weighted by molar-refractivity contribution is 8.00. The lowest BCUT2D eigenvalue weighted by molar-refractivity contribution is -0.149. The van der Waals surface area contributed by atoms with Gasteiger partial charge >= 0.3 is 5.97 Å². The molecule has 0 aliphatic carbocycles. The average Bonchev–Trinajstić information content (AvgIpc) is 1.75. The Morgan fingerprint density at radius 1 is 0.519 bits per heavy atom. The maximum atomic E-state index is 15.8. The number of carboxylic acid groups (broad SMARTS) is 1. The Kier molecular flexibility index (Phi) is 39.4. The van der Waals surface area contributed by atoms with Crippen LogP contribution in [-0.4, -0.2) is 317 Å². The summed E-state index contributed by atoms with van der Waals surface area (Å²) in [6, 6.07) is -3.50. The summed E-state index contributed by atoms with van der Waals surface area (Å²) in [5.41, 5.74) is 19.3. The van der Waals surface area contributed by atoms with Crippen molar-refractivity contribution in [3.05, 3.63) is 102 Å². The number of H-pyrrole nitrogens is 2. The molecule has 3 fully saturated rings. The summed E-state index contributed by atoms with van der Waals surface area (Å²) < 4.78 is 0. The van der Waals surface area contributed by atoms with Crippen LogP contribution in [0.5, 0.6) is 5.75 Å². The van der Waals surface area contributed by atoms with Crippen LogP contribution in [0.3, 0.4) is 0 Å². The van der Waals surface area contributed by atoms with Crippen LogP contribution in [0.2, 0.25) is 0 Å². The number of aliphatic carboxylic acids is 1. The second kappa shape index (κ2) is 49.8. The molecule has 133 heavy (non-hydrogen) atoms. The molecule has 44 heteroatoms. The van der Waals surface area contributed by atoms with Gasteiger partial charge in [-0.2, -0.15) is 0 Å². The summed E-state index contributed by atoms with van der Waals surface area (Å²) in [5, 5.41) is 69.2. The number of thioether (sulfide) groups is 1. The number of fused-ring (bicyclic) bond motifs is 4. The fraction of sp³-hybridized carbons (Fsp3) is 0.539. The molecule has 22 N–H and O–H groups in total.